The summed E-state index contributed by atoms with van der Waals surface area (Å²) in [7, 11) is 0. The molecule has 0 bridgehead atoms. The number of fused-ring (bicyclic) bond motifs is 1. The molecule has 2 heterocycles. The van der Waals surface area contributed by atoms with Crippen LogP contribution < -0.4 is 4.90 Å². The van der Waals surface area contributed by atoms with Crippen molar-refractivity contribution in [3.63, 3.8) is 0 Å². The lowest BCUT2D eigenvalue weighted by Crippen LogP contribution is -2.39. The number of thiazole rings is 1. The largest absolute Gasteiger partial charge is 0.379 e. The van der Waals surface area contributed by atoms with Gasteiger partial charge in [-0.15, -0.1) is 12.4 Å². The molecule has 0 saturated carbocycles. The Morgan fingerprint density at radius 2 is 1.73 bits per heavy atom. The Bertz CT molecular complexity index is 1070. The number of carbonyl (C=O) groups is 1. The molecule has 4 rings (SSSR count). The molecule has 1 saturated heterocycles. The highest BCUT2D eigenvalue weighted by Crippen LogP contribution is 2.33. The molecule has 0 atom stereocenters. The molecule has 0 unspecified atom stereocenters. The van der Waals surface area contributed by atoms with Gasteiger partial charge in [0.05, 0.1) is 29.9 Å². The van der Waals surface area contributed by atoms with Crippen molar-refractivity contribution in [2.75, 3.05) is 44.3 Å². The Labute approximate surface area is 207 Å². The molecule has 5 nitrogen and oxygen atoms in total. The molecule has 1 aliphatic heterocycles. The van der Waals surface area contributed by atoms with E-state index in [0.717, 1.165) is 61.0 Å². The van der Waals surface area contributed by atoms with Crippen molar-refractivity contribution < 1.29 is 9.53 Å². The van der Waals surface area contributed by atoms with E-state index in [4.69, 9.17) is 9.72 Å². The fraction of sp³-hybridized carbons (Fsp3) is 0.462. The first-order chi connectivity index (χ1) is 15.4. The number of hydrogen-bond acceptors (Lipinski definition) is 5. The van der Waals surface area contributed by atoms with Crippen molar-refractivity contribution in [3.8, 4) is 0 Å². The van der Waals surface area contributed by atoms with Crippen LogP contribution in [0.3, 0.4) is 0 Å². The molecule has 3 aromatic rings. The maximum absolute atomic E-state index is 13.5. The summed E-state index contributed by atoms with van der Waals surface area (Å²) in [6.07, 6.45) is 1.32. The van der Waals surface area contributed by atoms with Gasteiger partial charge in [-0.1, -0.05) is 41.7 Å². The highest BCUT2D eigenvalue weighted by atomic mass is 35.5. The number of amides is 1. The zero-order valence-corrected chi connectivity index (χ0v) is 21.7. The van der Waals surface area contributed by atoms with Gasteiger partial charge in [-0.25, -0.2) is 4.98 Å². The summed E-state index contributed by atoms with van der Waals surface area (Å²) in [6.45, 7) is 13.6. The fourth-order valence-corrected chi connectivity index (χ4v) is 5.31. The second-order valence-electron chi connectivity index (χ2n) is 8.82. The number of halogens is 1. The summed E-state index contributed by atoms with van der Waals surface area (Å²) < 4.78 is 6.64. The summed E-state index contributed by atoms with van der Waals surface area (Å²) in [5.41, 5.74) is 6.92. The van der Waals surface area contributed by atoms with Gasteiger partial charge in [0.15, 0.2) is 5.13 Å². The van der Waals surface area contributed by atoms with Gasteiger partial charge in [-0.3, -0.25) is 14.6 Å². The van der Waals surface area contributed by atoms with Gasteiger partial charge >= 0.3 is 0 Å². The monoisotopic (exact) mass is 487 g/mol. The lowest BCUT2D eigenvalue weighted by Gasteiger charge is -2.27. The molecular weight excluding hydrogens is 454 g/mol. The standard InChI is InChI=1S/C26H33N3O2S.ClH/c1-18-8-9-22(16-21(18)4)17-23(30)29(11-5-10-28-12-14-31-15-13-28)26-27-24-19(2)6-7-20(3)25(24)32-26;/h6-9,16H,5,10-15,17H2,1-4H3;1H. The molecule has 1 aromatic heterocycles. The Balaban J connectivity index is 0.00000306. The van der Waals surface area contributed by atoms with E-state index < -0.39 is 0 Å². The lowest BCUT2D eigenvalue weighted by molar-refractivity contribution is -0.118. The zero-order chi connectivity index (χ0) is 22.7. The Morgan fingerprint density at radius 1 is 1.03 bits per heavy atom. The third-order valence-corrected chi connectivity index (χ3v) is 7.56. The number of aryl methyl sites for hydroxylation is 4. The summed E-state index contributed by atoms with van der Waals surface area (Å²) >= 11 is 1.64. The summed E-state index contributed by atoms with van der Waals surface area (Å²) in [6, 6.07) is 10.6. The molecule has 2 aromatic carbocycles. The fourth-order valence-electron chi connectivity index (χ4n) is 4.15. The van der Waals surface area contributed by atoms with Crippen molar-refractivity contribution in [3.05, 3.63) is 58.1 Å². The predicted molar refractivity (Wildman–Crippen MR) is 140 cm³/mol. The molecule has 0 aliphatic carbocycles. The molecule has 0 N–H and O–H groups in total. The van der Waals surface area contributed by atoms with Crippen LogP contribution in [0.25, 0.3) is 10.2 Å². The smallest absolute Gasteiger partial charge is 0.233 e. The van der Waals surface area contributed by atoms with Gasteiger partial charge in [0.1, 0.15) is 0 Å². The van der Waals surface area contributed by atoms with Crippen LogP contribution in [0.4, 0.5) is 5.13 Å². The average Bonchev–Trinajstić information content (AvgIpc) is 3.23. The van der Waals surface area contributed by atoms with Crippen LogP contribution in [0.2, 0.25) is 0 Å². The number of benzene rings is 2. The molecule has 7 heteroatoms. The van der Waals surface area contributed by atoms with Gasteiger partial charge in [0.25, 0.3) is 0 Å². The summed E-state index contributed by atoms with van der Waals surface area (Å²) in [5, 5.41) is 0.813. The topological polar surface area (TPSA) is 45.7 Å². The number of nitrogens with zero attached hydrogens (tertiary/aromatic N) is 3. The Kier molecular flexibility index (Phi) is 8.88. The summed E-state index contributed by atoms with van der Waals surface area (Å²) in [5.74, 6) is 0.115. The third kappa shape index (κ3) is 6.12. The minimum atomic E-state index is 0. The van der Waals surface area contributed by atoms with Crippen LogP contribution in [0.15, 0.2) is 30.3 Å². The number of hydrogen-bond donors (Lipinski definition) is 0. The van der Waals surface area contributed by atoms with Crippen molar-refractivity contribution in [2.45, 2.75) is 40.5 Å². The van der Waals surface area contributed by atoms with Crippen LogP contribution in [-0.2, 0) is 16.0 Å². The highest BCUT2D eigenvalue weighted by molar-refractivity contribution is 7.22. The first kappa shape index (κ1) is 25.6. The van der Waals surface area contributed by atoms with Crippen LogP contribution >= 0.6 is 23.7 Å². The number of aromatic nitrogens is 1. The van der Waals surface area contributed by atoms with Crippen molar-refractivity contribution in [2.24, 2.45) is 0 Å². The number of ether oxygens (including phenoxy) is 1. The molecular formula is C26H34ClN3O2S. The van der Waals surface area contributed by atoms with E-state index in [1.165, 1.54) is 21.4 Å². The van der Waals surface area contributed by atoms with Gasteiger partial charge in [0.2, 0.25) is 5.91 Å². The minimum Gasteiger partial charge on any atom is -0.379 e. The molecule has 0 spiro atoms. The van der Waals surface area contributed by atoms with E-state index in [1.54, 1.807) is 11.3 Å². The van der Waals surface area contributed by atoms with Crippen molar-refractivity contribution in [1.82, 2.24) is 9.88 Å². The van der Waals surface area contributed by atoms with E-state index >= 15 is 0 Å². The molecule has 1 amide bonds. The van der Waals surface area contributed by atoms with Crippen LogP contribution in [-0.4, -0.2) is 55.2 Å². The highest BCUT2D eigenvalue weighted by Gasteiger charge is 2.22. The first-order valence-electron chi connectivity index (χ1n) is 11.5. The van der Waals surface area contributed by atoms with Crippen molar-refractivity contribution in [1.29, 1.82) is 0 Å². The molecule has 178 valence electrons. The maximum Gasteiger partial charge on any atom is 0.233 e. The van der Waals surface area contributed by atoms with Gasteiger partial charge in [-0.2, -0.15) is 0 Å². The van der Waals surface area contributed by atoms with E-state index in [1.807, 2.05) is 4.90 Å². The second kappa shape index (κ2) is 11.4. The number of morpholine rings is 1. The van der Waals surface area contributed by atoms with Crippen LogP contribution in [0.1, 0.15) is 34.2 Å². The molecule has 1 aliphatic rings. The molecule has 1 fully saturated rings. The number of rotatable bonds is 7. The average molecular weight is 488 g/mol. The van der Waals surface area contributed by atoms with E-state index in [0.29, 0.717) is 13.0 Å². The van der Waals surface area contributed by atoms with Gasteiger partial charge in [0, 0.05) is 26.2 Å². The molecule has 33 heavy (non-hydrogen) atoms. The van der Waals surface area contributed by atoms with Gasteiger partial charge in [-0.05, 0) is 61.9 Å². The predicted octanol–water partition coefficient (Wildman–Crippen LogP) is 5.25. The lowest BCUT2D eigenvalue weighted by atomic mass is 10.0. The number of carbonyl (C=O) groups excluding carboxylic acids is 1. The molecule has 0 radical (unpaired) electrons. The van der Waals surface area contributed by atoms with E-state index in [2.05, 4.69) is 62.9 Å². The maximum atomic E-state index is 13.5. The minimum absolute atomic E-state index is 0. The summed E-state index contributed by atoms with van der Waals surface area (Å²) in [4.78, 5) is 22.8. The Hall–Kier alpha value is -1.99. The third-order valence-electron chi connectivity index (χ3n) is 6.35. The Morgan fingerprint density at radius 3 is 2.42 bits per heavy atom. The SMILES string of the molecule is Cc1ccc(CC(=O)N(CCCN2CCOCC2)c2nc3c(C)ccc(C)c3s2)cc1C.Cl. The second-order valence-corrected chi connectivity index (χ2v) is 9.80. The zero-order valence-electron chi connectivity index (χ0n) is 20.0. The van der Waals surface area contributed by atoms with Crippen molar-refractivity contribution >= 4 is 45.0 Å². The van der Waals surface area contributed by atoms with Crippen LogP contribution in [0.5, 0.6) is 0 Å². The quantitative estimate of drug-likeness (QED) is 0.456. The van der Waals surface area contributed by atoms with Gasteiger partial charge < -0.3 is 4.74 Å². The normalized spacial score (nSPS) is 14.3. The van der Waals surface area contributed by atoms with E-state index in [-0.39, 0.29) is 18.3 Å². The van der Waals surface area contributed by atoms with E-state index in [9.17, 15) is 4.79 Å². The van der Waals surface area contributed by atoms with Crippen LogP contribution in [0, 0.1) is 27.7 Å². The number of anilines is 1. The first-order valence-corrected chi connectivity index (χ1v) is 12.3.